The Morgan fingerprint density at radius 3 is 2.38 bits per heavy atom. The number of halogens is 1. The summed E-state index contributed by atoms with van der Waals surface area (Å²) in [5, 5.41) is 8.81. The standard InChI is InChI=1S/C10H11ClO2/c1-7-2-4-8(5-3-7)9(6-11)10(12)13/h2-5,9H,6H2,1H3,(H,12,13)/t9-/m0/s1. The molecule has 2 nitrogen and oxygen atoms in total. The van der Waals surface area contributed by atoms with Gasteiger partial charge in [0.2, 0.25) is 0 Å². The number of rotatable bonds is 3. The fourth-order valence-electron chi connectivity index (χ4n) is 1.10. The fraction of sp³-hybridized carbons (Fsp3) is 0.300. The molecule has 0 fully saturated rings. The second kappa shape index (κ2) is 4.28. The monoisotopic (exact) mass is 198 g/mol. The van der Waals surface area contributed by atoms with E-state index in [9.17, 15) is 4.79 Å². The molecule has 0 bridgehead atoms. The minimum atomic E-state index is -0.876. The molecule has 0 radical (unpaired) electrons. The molecule has 0 aliphatic carbocycles. The summed E-state index contributed by atoms with van der Waals surface area (Å²) in [6, 6.07) is 7.38. The molecule has 1 aromatic carbocycles. The number of carboxylic acid groups (broad SMARTS) is 1. The maximum Gasteiger partial charge on any atom is 0.312 e. The number of aliphatic carboxylic acids is 1. The van der Waals surface area contributed by atoms with Gasteiger partial charge in [0, 0.05) is 5.88 Å². The lowest BCUT2D eigenvalue weighted by atomic mass is 10.0. The van der Waals surface area contributed by atoms with E-state index in [1.54, 1.807) is 12.1 Å². The molecule has 0 saturated heterocycles. The van der Waals surface area contributed by atoms with Crippen LogP contribution in [0.25, 0.3) is 0 Å². The quantitative estimate of drug-likeness (QED) is 0.758. The largest absolute Gasteiger partial charge is 0.481 e. The topological polar surface area (TPSA) is 37.3 Å². The second-order valence-corrected chi connectivity index (χ2v) is 3.26. The second-order valence-electron chi connectivity index (χ2n) is 2.96. The maximum atomic E-state index is 10.7. The van der Waals surface area contributed by atoms with Gasteiger partial charge in [-0.15, -0.1) is 11.6 Å². The van der Waals surface area contributed by atoms with E-state index in [0.29, 0.717) is 0 Å². The lowest BCUT2D eigenvalue weighted by molar-refractivity contribution is -0.138. The predicted molar refractivity (Wildman–Crippen MR) is 52.3 cm³/mol. The van der Waals surface area contributed by atoms with E-state index in [2.05, 4.69) is 0 Å². The van der Waals surface area contributed by atoms with Crippen LogP contribution in [0.1, 0.15) is 17.0 Å². The summed E-state index contributed by atoms with van der Waals surface area (Å²) in [5.41, 5.74) is 1.87. The van der Waals surface area contributed by atoms with Gasteiger partial charge in [0.05, 0.1) is 5.92 Å². The predicted octanol–water partition coefficient (Wildman–Crippen LogP) is 2.40. The molecule has 1 N–H and O–H groups in total. The third-order valence-electron chi connectivity index (χ3n) is 1.93. The van der Waals surface area contributed by atoms with Gasteiger partial charge in [-0.1, -0.05) is 29.8 Å². The van der Waals surface area contributed by atoms with Crippen molar-refractivity contribution in [3.05, 3.63) is 35.4 Å². The van der Waals surface area contributed by atoms with Crippen LogP contribution >= 0.6 is 11.6 Å². The van der Waals surface area contributed by atoms with Gasteiger partial charge in [0.15, 0.2) is 0 Å². The first-order chi connectivity index (χ1) is 6.15. The SMILES string of the molecule is Cc1ccc([C@H](CCl)C(=O)O)cc1. The summed E-state index contributed by atoms with van der Waals surface area (Å²) in [6.45, 7) is 1.96. The molecule has 3 heteroatoms. The number of hydrogen-bond acceptors (Lipinski definition) is 1. The fourth-order valence-corrected chi connectivity index (χ4v) is 1.41. The van der Waals surface area contributed by atoms with Crippen LogP contribution in [-0.2, 0) is 4.79 Å². The Kier molecular flexibility index (Phi) is 3.32. The van der Waals surface area contributed by atoms with Crippen molar-refractivity contribution >= 4 is 17.6 Å². The highest BCUT2D eigenvalue weighted by Gasteiger charge is 2.17. The number of hydrogen-bond donors (Lipinski definition) is 1. The minimum absolute atomic E-state index is 0.110. The van der Waals surface area contributed by atoms with Gasteiger partial charge >= 0.3 is 5.97 Å². The third kappa shape index (κ3) is 2.46. The van der Waals surface area contributed by atoms with Crippen LogP contribution < -0.4 is 0 Å². The Bertz CT molecular complexity index is 292. The Morgan fingerprint density at radius 2 is 2.00 bits per heavy atom. The lowest BCUT2D eigenvalue weighted by Gasteiger charge is -2.08. The molecule has 0 amide bonds. The summed E-state index contributed by atoms with van der Waals surface area (Å²) >= 11 is 5.56. The van der Waals surface area contributed by atoms with Gasteiger partial charge in [-0.25, -0.2) is 0 Å². The smallest absolute Gasteiger partial charge is 0.312 e. The minimum Gasteiger partial charge on any atom is -0.481 e. The molecular weight excluding hydrogens is 188 g/mol. The molecule has 0 unspecified atom stereocenters. The Morgan fingerprint density at radius 1 is 1.46 bits per heavy atom. The molecule has 1 atom stereocenters. The lowest BCUT2D eigenvalue weighted by Crippen LogP contribution is -2.12. The van der Waals surface area contributed by atoms with E-state index in [0.717, 1.165) is 11.1 Å². The zero-order valence-corrected chi connectivity index (χ0v) is 8.08. The van der Waals surface area contributed by atoms with Crippen molar-refractivity contribution in [2.24, 2.45) is 0 Å². The molecule has 1 aromatic rings. The number of aryl methyl sites for hydroxylation is 1. The molecule has 0 aliphatic rings. The molecule has 0 heterocycles. The molecule has 0 aromatic heterocycles. The Hall–Kier alpha value is -1.02. The number of benzene rings is 1. The zero-order chi connectivity index (χ0) is 9.84. The highest BCUT2D eigenvalue weighted by atomic mass is 35.5. The molecule has 0 spiro atoms. The highest BCUT2D eigenvalue weighted by Crippen LogP contribution is 2.17. The van der Waals surface area contributed by atoms with Crippen molar-refractivity contribution < 1.29 is 9.90 Å². The van der Waals surface area contributed by atoms with Gasteiger partial charge in [-0.2, -0.15) is 0 Å². The van der Waals surface area contributed by atoms with Crippen LogP contribution in [-0.4, -0.2) is 17.0 Å². The first kappa shape index (κ1) is 10.1. The number of alkyl halides is 1. The number of carboxylic acids is 1. The van der Waals surface area contributed by atoms with Crippen molar-refractivity contribution in [2.75, 3.05) is 5.88 Å². The normalized spacial score (nSPS) is 12.5. The Labute approximate surface area is 82.2 Å². The van der Waals surface area contributed by atoms with Gasteiger partial charge in [-0.3, -0.25) is 4.79 Å². The van der Waals surface area contributed by atoms with Crippen LogP contribution in [0, 0.1) is 6.92 Å². The van der Waals surface area contributed by atoms with E-state index in [-0.39, 0.29) is 5.88 Å². The first-order valence-corrected chi connectivity index (χ1v) is 4.54. The van der Waals surface area contributed by atoms with E-state index >= 15 is 0 Å². The summed E-state index contributed by atoms with van der Waals surface area (Å²) in [4.78, 5) is 10.7. The molecule has 0 saturated carbocycles. The average Bonchev–Trinajstić information content (AvgIpc) is 2.09. The summed E-state index contributed by atoms with van der Waals surface area (Å²) in [6.07, 6.45) is 0. The summed E-state index contributed by atoms with van der Waals surface area (Å²) < 4.78 is 0. The van der Waals surface area contributed by atoms with Crippen molar-refractivity contribution in [1.82, 2.24) is 0 Å². The molecule has 13 heavy (non-hydrogen) atoms. The van der Waals surface area contributed by atoms with Gasteiger partial charge < -0.3 is 5.11 Å². The molecular formula is C10H11ClO2. The van der Waals surface area contributed by atoms with Gasteiger partial charge in [0.25, 0.3) is 0 Å². The maximum absolute atomic E-state index is 10.7. The van der Waals surface area contributed by atoms with E-state index in [1.807, 2.05) is 19.1 Å². The molecule has 0 aliphatic heterocycles. The highest BCUT2D eigenvalue weighted by molar-refractivity contribution is 6.19. The first-order valence-electron chi connectivity index (χ1n) is 4.00. The molecule has 1 rings (SSSR count). The van der Waals surface area contributed by atoms with E-state index in [4.69, 9.17) is 16.7 Å². The van der Waals surface area contributed by atoms with Crippen LogP contribution in [0.4, 0.5) is 0 Å². The van der Waals surface area contributed by atoms with Gasteiger partial charge in [-0.05, 0) is 12.5 Å². The summed E-state index contributed by atoms with van der Waals surface area (Å²) in [7, 11) is 0. The van der Waals surface area contributed by atoms with Crippen LogP contribution in [0.2, 0.25) is 0 Å². The van der Waals surface area contributed by atoms with Crippen molar-refractivity contribution in [2.45, 2.75) is 12.8 Å². The van der Waals surface area contributed by atoms with E-state index < -0.39 is 11.9 Å². The summed E-state index contributed by atoms with van der Waals surface area (Å²) in [5.74, 6) is -1.36. The molecule has 70 valence electrons. The van der Waals surface area contributed by atoms with Crippen LogP contribution in [0.3, 0.4) is 0 Å². The zero-order valence-electron chi connectivity index (χ0n) is 7.33. The van der Waals surface area contributed by atoms with E-state index in [1.165, 1.54) is 0 Å². The number of carbonyl (C=O) groups is 1. The van der Waals surface area contributed by atoms with Crippen LogP contribution in [0.15, 0.2) is 24.3 Å². The van der Waals surface area contributed by atoms with Gasteiger partial charge in [0.1, 0.15) is 0 Å². The third-order valence-corrected chi connectivity index (χ3v) is 2.24. The average molecular weight is 199 g/mol. The van der Waals surface area contributed by atoms with Crippen molar-refractivity contribution in [3.8, 4) is 0 Å². The van der Waals surface area contributed by atoms with Crippen LogP contribution in [0.5, 0.6) is 0 Å². The van der Waals surface area contributed by atoms with Crippen molar-refractivity contribution in [1.29, 1.82) is 0 Å². The Balaban J connectivity index is 2.92. The van der Waals surface area contributed by atoms with Crippen molar-refractivity contribution in [3.63, 3.8) is 0 Å².